The van der Waals surface area contributed by atoms with Crippen LogP contribution in [-0.2, 0) is 24.8 Å². The summed E-state index contributed by atoms with van der Waals surface area (Å²) in [6.07, 6.45) is 4.04. The van der Waals surface area contributed by atoms with Crippen LogP contribution in [0.2, 0.25) is 0 Å². The lowest BCUT2D eigenvalue weighted by Crippen LogP contribution is -2.44. The van der Waals surface area contributed by atoms with Crippen LogP contribution in [0.1, 0.15) is 11.6 Å². The molecule has 10 heteroatoms. The van der Waals surface area contributed by atoms with Crippen molar-refractivity contribution in [3.63, 3.8) is 0 Å². The molecule has 1 saturated heterocycles. The van der Waals surface area contributed by atoms with E-state index in [0.29, 0.717) is 6.54 Å². The lowest BCUT2D eigenvalue weighted by atomic mass is 10.3. The molecule has 0 saturated carbocycles. The van der Waals surface area contributed by atoms with Crippen molar-refractivity contribution in [2.45, 2.75) is 13.0 Å². The van der Waals surface area contributed by atoms with Gasteiger partial charge in [0.1, 0.15) is 24.5 Å². The Morgan fingerprint density at radius 1 is 1.26 bits per heavy atom. The van der Waals surface area contributed by atoms with Crippen LogP contribution in [0.15, 0.2) is 34.1 Å². The molecule has 0 amide bonds. The standard InChI is InChI=1S/C17H27N7O2.HI/c1-23-16(21-14-22-23)13-20-17(18-5-4-15-3-2-10-26-15)19-6-7-24-8-11-25-12-9-24;/h2-3,10,14H,4-9,11-13H2,1H3,(H2,18,19,20);1H. The molecule has 9 nitrogen and oxygen atoms in total. The van der Waals surface area contributed by atoms with Gasteiger partial charge in [0.25, 0.3) is 0 Å². The first-order valence-electron chi connectivity index (χ1n) is 8.99. The normalized spacial score (nSPS) is 15.4. The van der Waals surface area contributed by atoms with Crippen LogP contribution in [0.25, 0.3) is 0 Å². The van der Waals surface area contributed by atoms with Gasteiger partial charge < -0.3 is 19.8 Å². The van der Waals surface area contributed by atoms with E-state index in [4.69, 9.17) is 9.15 Å². The Morgan fingerprint density at radius 3 is 2.78 bits per heavy atom. The van der Waals surface area contributed by atoms with E-state index in [1.807, 2.05) is 19.2 Å². The van der Waals surface area contributed by atoms with Crippen LogP contribution >= 0.6 is 24.0 Å². The van der Waals surface area contributed by atoms with Gasteiger partial charge in [-0.25, -0.2) is 9.98 Å². The fraction of sp³-hybridized carbons (Fsp3) is 0.588. The number of rotatable bonds is 8. The van der Waals surface area contributed by atoms with Gasteiger partial charge in [-0.15, -0.1) is 24.0 Å². The Bertz CT molecular complexity index is 669. The van der Waals surface area contributed by atoms with Crippen LogP contribution in [-0.4, -0.2) is 71.6 Å². The second kappa shape index (κ2) is 11.9. The van der Waals surface area contributed by atoms with E-state index < -0.39 is 0 Å². The fourth-order valence-electron chi connectivity index (χ4n) is 2.70. The molecule has 3 heterocycles. The topological polar surface area (TPSA) is 92.7 Å². The van der Waals surface area contributed by atoms with Crippen molar-refractivity contribution in [2.75, 3.05) is 45.9 Å². The molecule has 1 aliphatic rings. The number of hydrogen-bond donors (Lipinski definition) is 2. The van der Waals surface area contributed by atoms with Gasteiger partial charge in [0.2, 0.25) is 0 Å². The Labute approximate surface area is 176 Å². The van der Waals surface area contributed by atoms with Crippen LogP contribution in [0.3, 0.4) is 0 Å². The molecule has 2 aromatic rings. The maximum Gasteiger partial charge on any atom is 0.191 e. The van der Waals surface area contributed by atoms with Crippen molar-refractivity contribution in [3.05, 3.63) is 36.3 Å². The summed E-state index contributed by atoms with van der Waals surface area (Å²) < 4.78 is 12.5. The number of nitrogens with zero attached hydrogens (tertiary/aromatic N) is 5. The number of aromatic nitrogens is 3. The smallest absolute Gasteiger partial charge is 0.191 e. The highest BCUT2D eigenvalue weighted by molar-refractivity contribution is 14.0. The van der Waals surface area contributed by atoms with Crippen LogP contribution in [0.5, 0.6) is 0 Å². The zero-order chi connectivity index (χ0) is 18.0. The van der Waals surface area contributed by atoms with Crippen molar-refractivity contribution >= 4 is 29.9 Å². The first-order valence-corrected chi connectivity index (χ1v) is 8.99. The first kappa shape index (κ1) is 21.6. The van der Waals surface area contributed by atoms with Crippen molar-refractivity contribution in [3.8, 4) is 0 Å². The van der Waals surface area contributed by atoms with Crippen LogP contribution in [0.4, 0.5) is 0 Å². The SMILES string of the molecule is Cn1ncnc1CN=C(NCCc1ccco1)NCCN1CCOCC1.I. The number of hydrogen-bond acceptors (Lipinski definition) is 6. The maximum absolute atomic E-state index is 5.38. The van der Waals surface area contributed by atoms with Crippen molar-refractivity contribution < 1.29 is 9.15 Å². The summed E-state index contributed by atoms with van der Waals surface area (Å²) in [5.74, 6) is 2.55. The average molecular weight is 489 g/mol. The highest BCUT2D eigenvalue weighted by Gasteiger charge is 2.10. The van der Waals surface area contributed by atoms with Gasteiger partial charge in [0.15, 0.2) is 5.96 Å². The van der Waals surface area contributed by atoms with Crippen LogP contribution in [0, 0.1) is 0 Å². The third kappa shape index (κ3) is 7.46. The maximum atomic E-state index is 5.38. The van der Waals surface area contributed by atoms with Gasteiger partial charge in [0.05, 0.1) is 19.5 Å². The molecular formula is C17H28IN7O2. The molecule has 3 rings (SSSR count). The molecule has 27 heavy (non-hydrogen) atoms. The van der Waals surface area contributed by atoms with E-state index in [1.54, 1.807) is 17.3 Å². The number of aryl methyl sites for hydroxylation is 1. The summed E-state index contributed by atoms with van der Waals surface area (Å²) in [6, 6.07) is 3.88. The molecule has 0 aliphatic carbocycles. The number of morpholine rings is 1. The average Bonchev–Trinajstić information content (AvgIpc) is 3.32. The Balaban J connectivity index is 0.00000261. The Hall–Kier alpha value is -1.66. The predicted octanol–water partition coefficient (Wildman–Crippen LogP) is 0.636. The van der Waals surface area contributed by atoms with E-state index in [2.05, 4.69) is 30.6 Å². The summed E-state index contributed by atoms with van der Waals surface area (Å²) in [7, 11) is 1.87. The molecule has 2 aromatic heterocycles. The Morgan fingerprint density at radius 2 is 2.07 bits per heavy atom. The minimum atomic E-state index is 0. The summed E-state index contributed by atoms with van der Waals surface area (Å²) >= 11 is 0. The largest absolute Gasteiger partial charge is 0.469 e. The van der Waals surface area contributed by atoms with Gasteiger partial charge in [-0.05, 0) is 12.1 Å². The van der Waals surface area contributed by atoms with Crippen molar-refractivity contribution in [2.24, 2.45) is 12.0 Å². The molecule has 0 spiro atoms. The van der Waals surface area contributed by atoms with Crippen LogP contribution < -0.4 is 10.6 Å². The Kier molecular flexibility index (Phi) is 9.56. The van der Waals surface area contributed by atoms with E-state index in [0.717, 1.165) is 69.9 Å². The number of halogens is 1. The van der Waals surface area contributed by atoms with Gasteiger partial charge in [-0.3, -0.25) is 9.58 Å². The number of nitrogens with one attached hydrogen (secondary N) is 2. The lowest BCUT2D eigenvalue weighted by molar-refractivity contribution is 0.0389. The van der Waals surface area contributed by atoms with E-state index in [9.17, 15) is 0 Å². The van der Waals surface area contributed by atoms with Crippen molar-refractivity contribution in [1.29, 1.82) is 0 Å². The number of ether oxygens (including phenoxy) is 1. The number of guanidine groups is 1. The molecule has 1 aliphatic heterocycles. The number of aliphatic imine (C=N–C) groups is 1. The molecule has 0 aromatic carbocycles. The molecular weight excluding hydrogens is 461 g/mol. The lowest BCUT2D eigenvalue weighted by Gasteiger charge is -2.26. The van der Waals surface area contributed by atoms with Gasteiger partial charge >= 0.3 is 0 Å². The molecule has 150 valence electrons. The summed E-state index contributed by atoms with van der Waals surface area (Å²) in [6.45, 7) is 6.61. The highest BCUT2D eigenvalue weighted by atomic mass is 127. The zero-order valence-electron chi connectivity index (χ0n) is 15.6. The molecule has 0 bridgehead atoms. The monoisotopic (exact) mass is 489 g/mol. The van der Waals surface area contributed by atoms with E-state index in [1.165, 1.54) is 0 Å². The van der Waals surface area contributed by atoms with E-state index >= 15 is 0 Å². The summed E-state index contributed by atoms with van der Waals surface area (Å²) in [5.41, 5.74) is 0. The van der Waals surface area contributed by atoms with E-state index in [-0.39, 0.29) is 24.0 Å². The second-order valence-corrected chi connectivity index (χ2v) is 6.10. The van der Waals surface area contributed by atoms with Gasteiger partial charge in [0, 0.05) is 46.2 Å². The molecule has 2 N–H and O–H groups in total. The van der Waals surface area contributed by atoms with Gasteiger partial charge in [-0.2, -0.15) is 5.10 Å². The summed E-state index contributed by atoms with van der Waals surface area (Å²) in [5, 5.41) is 10.8. The second-order valence-electron chi connectivity index (χ2n) is 6.10. The molecule has 1 fully saturated rings. The van der Waals surface area contributed by atoms with Gasteiger partial charge in [-0.1, -0.05) is 0 Å². The quantitative estimate of drug-likeness (QED) is 0.320. The van der Waals surface area contributed by atoms with Crippen molar-refractivity contribution in [1.82, 2.24) is 30.3 Å². The third-order valence-corrected chi connectivity index (χ3v) is 4.25. The zero-order valence-corrected chi connectivity index (χ0v) is 18.0. The molecule has 0 atom stereocenters. The predicted molar refractivity (Wildman–Crippen MR) is 113 cm³/mol. The fourth-order valence-corrected chi connectivity index (χ4v) is 2.70. The highest BCUT2D eigenvalue weighted by Crippen LogP contribution is 2.00. The first-order chi connectivity index (χ1) is 12.8. The minimum absolute atomic E-state index is 0. The third-order valence-electron chi connectivity index (χ3n) is 4.25. The summed E-state index contributed by atoms with van der Waals surface area (Å²) in [4.78, 5) is 11.2. The molecule has 0 radical (unpaired) electrons. The molecule has 0 unspecified atom stereocenters. The minimum Gasteiger partial charge on any atom is -0.469 e. The number of furan rings is 1.